The van der Waals surface area contributed by atoms with Gasteiger partial charge in [0.15, 0.2) is 5.96 Å². The van der Waals surface area contributed by atoms with Gasteiger partial charge >= 0.3 is 0 Å². The Kier molecular flexibility index (Phi) is 9.43. The summed E-state index contributed by atoms with van der Waals surface area (Å²) in [5, 5.41) is 3.06. The van der Waals surface area contributed by atoms with Gasteiger partial charge in [-0.2, -0.15) is 0 Å². The molecule has 1 rings (SSSR count). The van der Waals surface area contributed by atoms with Crippen molar-refractivity contribution >= 4 is 29.9 Å². The fourth-order valence-corrected chi connectivity index (χ4v) is 2.41. The fourth-order valence-electron chi connectivity index (χ4n) is 2.41. The molecule has 0 aromatic rings. The molecule has 1 aliphatic heterocycles. The molecule has 0 amide bonds. The molecule has 0 aliphatic carbocycles. The number of rotatable bonds is 5. The van der Waals surface area contributed by atoms with Gasteiger partial charge in [-0.05, 0) is 40.2 Å². The van der Waals surface area contributed by atoms with Gasteiger partial charge in [-0.1, -0.05) is 18.6 Å². The molecular formula is C14H29IN4. The van der Waals surface area contributed by atoms with E-state index in [0.29, 0.717) is 24.6 Å². The van der Waals surface area contributed by atoms with Crippen LogP contribution in [0.3, 0.4) is 0 Å². The monoisotopic (exact) mass is 380 g/mol. The van der Waals surface area contributed by atoms with Gasteiger partial charge in [0.05, 0.1) is 6.54 Å². The summed E-state index contributed by atoms with van der Waals surface area (Å²) in [5.74, 6) is 0.523. The van der Waals surface area contributed by atoms with Crippen LogP contribution in [0.2, 0.25) is 0 Å². The van der Waals surface area contributed by atoms with E-state index in [1.807, 2.05) is 6.92 Å². The summed E-state index contributed by atoms with van der Waals surface area (Å²) in [5.41, 5.74) is 6.87. The van der Waals surface area contributed by atoms with Crippen LogP contribution >= 0.6 is 24.0 Å². The molecule has 0 bridgehead atoms. The topological polar surface area (TPSA) is 53.6 Å². The van der Waals surface area contributed by atoms with E-state index in [0.717, 1.165) is 12.1 Å². The molecule has 1 aliphatic rings. The highest BCUT2D eigenvalue weighted by Gasteiger charge is 2.22. The molecule has 0 spiro atoms. The van der Waals surface area contributed by atoms with Crippen LogP contribution in [0, 0.1) is 0 Å². The third-order valence-corrected chi connectivity index (χ3v) is 3.52. The zero-order chi connectivity index (χ0) is 13.5. The van der Waals surface area contributed by atoms with Crippen molar-refractivity contribution in [3.63, 3.8) is 0 Å². The fraction of sp³-hybridized carbons (Fsp3) is 0.786. The van der Waals surface area contributed by atoms with Crippen molar-refractivity contribution < 1.29 is 0 Å². The number of halogens is 1. The zero-order valence-electron chi connectivity index (χ0n) is 12.5. The number of guanidine groups is 1. The number of likely N-dealkylation sites (tertiary alicyclic amines) is 1. The number of nitrogens with two attached hydrogens (primary N) is 1. The van der Waals surface area contributed by atoms with Crippen LogP contribution in [-0.4, -0.2) is 42.6 Å². The molecule has 5 heteroatoms. The molecule has 112 valence electrons. The molecular weight excluding hydrogens is 351 g/mol. The second-order valence-electron chi connectivity index (χ2n) is 5.47. The lowest BCUT2D eigenvalue weighted by Crippen LogP contribution is -2.45. The van der Waals surface area contributed by atoms with Crippen LogP contribution in [-0.2, 0) is 0 Å². The molecule has 1 saturated heterocycles. The van der Waals surface area contributed by atoms with E-state index in [9.17, 15) is 0 Å². The van der Waals surface area contributed by atoms with E-state index in [1.165, 1.54) is 25.8 Å². The first-order valence-electron chi connectivity index (χ1n) is 6.94. The van der Waals surface area contributed by atoms with Crippen LogP contribution in [0.4, 0.5) is 0 Å². The lowest BCUT2D eigenvalue weighted by atomic mass is 10.0. The Morgan fingerprint density at radius 1 is 1.53 bits per heavy atom. The van der Waals surface area contributed by atoms with Gasteiger partial charge in [0.25, 0.3) is 0 Å². The Hall–Kier alpha value is -0.300. The van der Waals surface area contributed by atoms with Crippen molar-refractivity contribution in [2.75, 3.05) is 19.6 Å². The van der Waals surface area contributed by atoms with E-state index in [1.54, 1.807) is 0 Å². The van der Waals surface area contributed by atoms with Gasteiger partial charge in [0.2, 0.25) is 0 Å². The predicted molar refractivity (Wildman–Crippen MR) is 94.2 cm³/mol. The maximum atomic E-state index is 5.81. The van der Waals surface area contributed by atoms with Gasteiger partial charge in [-0.3, -0.25) is 9.89 Å². The molecule has 2 unspecified atom stereocenters. The average molecular weight is 380 g/mol. The Morgan fingerprint density at radius 2 is 2.21 bits per heavy atom. The summed E-state index contributed by atoms with van der Waals surface area (Å²) >= 11 is 0. The van der Waals surface area contributed by atoms with E-state index in [4.69, 9.17) is 5.73 Å². The normalized spacial score (nSPS) is 22.5. The summed E-state index contributed by atoms with van der Waals surface area (Å²) in [4.78, 5) is 6.95. The zero-order valence-corrected chi connectivity index (χ0v) is 14.8. The minimum atomic E-state index is 0. The van der Waals surface area contributed by atoms with Gasteiger partial charge in [-0.15, -0.1) is 24.0 Å². The Balaban J connectivity index is 0.00000324. The minimum Gasteiger partial charge on any atom is -0.370 e. The molecule has 0 radical (unpaired) electrons. The molecule has 0 aromatic heterocycles. The van der Waals surface area contributed by atoms with Crippen molar-refractivity contribution in [3.8, 4) is 0 Å². The third-order valence-electron chi connectivity index (χ3n) is 3.52. The summed E-state index contributed by atoms with van der Waals surface area (Å²) in [6.07, 6.45) is 3.97. The van der Waals surface area contributed by atoms with Gasteiger partial charge in [-0.25, -0.2) is 0 Å². The maximum absolute atomic E-state index is 5.81. The van der Waals surface area contributed by atoms with Gasteiger partial charge in [0.1, 0.15) is 0 Å². The smallest absolute Gasteiger partial charge is 0.188 e. The molecule has 1 heterocycles. The maximum Gasteiger partial charge on any atom is 0.188 e. The van der Waals surface area contributed by atoms with Crippen LogP contribution in [0.15, 0.2) is 17.1 Å². The standard InChI is InChI=1S/C14H28N4.HI/c1-11(2)9-16-14(15)17-10-13(4)18-8-6-5-7-12(18)3;/h12-13H,1,5-10H2,2-4H3,(H3,15,16,17);1H. The highest BCUT2D eigenvalue weighted by Crippen LogP contribution is 2.18. The first-order chi connectivity index (χ1) is 8.50. The lowest BCUT2D eigenvalue weighted by molar-refractivity contribution is 0.118. The highest BCUT2D eigenvalue weighted by molar-refractivity contribution is 14.0. The number of aliphatic imine (C=N–C) groups is 1. The van der Waals surface area contributed by atoms with Crippen LogP contribution in [0.1, 0.15) is 40.0 Å². The largest absolute Gasteiger partial charge is 0.370 e. The second-order valence-corrected chi connectivity index (χ2v) is 5.47. The first kappa shape index (κ1) is 18.7. The van der Waals surface area contributed by atoms with Crippen LogP contribution < -0.4 is 11.1 Å². The highest BCUT2D eigenvalue weighted by atomic mass is 127. The van der Waals surface area contributed by atoms with E-state index < -0.39 is 0 Å². The number of hydrogen-bond donors (Lipinski definition) is 2. The molecule has 2 atom stereocenters. The predicted octanol–water partition coefficient (Wildman–Crippen LogP) is 2.35. The lowest BCUT2D eigenvalue weighted by Gasteiger charge is -2.37. The van der Waals surface area contributed by atoms with E-state index >= 15 is 0 Å². The number of hydrogen-bond acceptors (Lipinski definition) is 2. The van der Waals surface area contributed by atoms with Crippen molar-refractivity contribution in [2.24, 2.45) is 10.7 Å². The Morgan fingerprint density at radius 3 is 2.79 bits per heavy atom. The summed E-state index contributed by atoms with van der Waals surface area (Å²) in [7, 11) is 0. The summed E-state index contributed by atoms with van der Waals surface area (Å²) in [6.45, 7) is 13.0. The number of nitrogens with one attached hydrogen (secondary N) is 1. The SMILES string of the molecule is C=C(C)CNC(N)=NCC(C)N1CCCCC1C.I. The van der Waals surface area contributed by atoms with Crippen molar-refractivity contribution in [1.82, 2.24) is 10.2 Å². The molecule has 19 heavy (non-hydrogen) atoms. The third kappa shape index (κ3) is 7.15. The molecule has 0 aromatic carbocycles. The molecule has 1 fully saturated rings. The van der Waals surface area contributed by atoms with E-state index in [2.05, 4.69) is 35.6 Å². The molecule has 4 nitrogen and oxygen atoms in total. The quantitative estimate of drug-likeness (QED) is 0.333. The molecule has 3 N–H and O–H groups in total. The van der Waals surface area contributed by atoms with Gasteiger partial charge in [0, 0.05) is 18.6 Å². The average Bonchev–Trinajstić information content (AvgIpc) is 2.34. The van der Waals surface area contributed by atoms with Crippen molar-refractivity contribution in [3.05, 3.63) is 12.2 Å². The van der Waals surface area contributed by atoms with Crippen LogP contribution in [0.5, 0.6) is 0 Å². The van der Waals surface area contributed by atoms with Gasteiger partial charge < -0.3 is 11.1 Å². The second kappa shape index (κ2) is 9.58. The Labute approximate surface area is 134 Å². The number of nitrogens with zero attached hydrogens (tertiary/aromatic N) is 2. The first-order valence-corrected chi connectivity index (χ1v) is 6.94. The summed E-state index contributed by atoms with van der Waals surface area (Å²) < 4.78 is 0. The summed E-state index contributed by atoms with van der Waals surface area (Å²) in [6, 6.07) is 1.14. The number of piperidine rings is 1. The van der Waals surface area contributed by atoms with E-state index in [-0.39, 0.29) is 24.0 Å². The van der Waals surface area contributed by atoms with Crippen molar-refractivity contribution in [2.45, 2.75) is 52.1 Å². The minimum absolute atomic E-state index is 0. The van der Waals surface area contributed by atoms with Crippen molar-refractivity contribution in [1.29, 1.82) is 0 Å². The van der Waals surface area contributed by atoms with Crippen LogP contribution in [0.25, 0.3) is 0 Å². The molecule has 0 saturated carbocycles. The Bertz CT molecular complexity index is 304.